The first-order valence-corrected chi connectivity index (χ1v) is 10.5. The summed E-state index contributed by atoms with van der Waals surface area (Å²) in [7, 11) is 1.50. The number of carbonyl (C=O) groups excluding carboxylic acids is 3. The van der Waals surface area contributed by atoms with Gasteiger partial charge in [0.1, 0.15) is 16.9 Å². The van der Waals surface area contributed by atoms with Gasteiger partial charge in [0, 0.05) is 42.9 Å². The molecule has 1 saturated heterocycles. The normalized spacial score (nSPS) is 19.1. The van der Waals surface area contributed by atoms with Gasteiger partial charge in [-0.1, -0.05) is 12.1 Å². The van der Waals surface area contributed by atoms with E-state index in [2.05, 4.69) is 0 Å². The third-order valence-corrected chi connectivity index (χ3v) is 6.59. The van der Waals surface area contributed by atoms with Crippen molar-refractivity contribution in [2.75, 3.05) is 13.6 Å². The molecule has 3 amide bonds. The molecule has 0 spiro atoms. The van der Waals surface area contributed by atoms with Gasteiger partial charge in [-0.2, -0.15) is 0 Å². The molecule has 8 nitrogen and oxygen atoms in total. The second-order valence-corrected chi connectivity index (χ2v) is 8.90. The van der Waals surface area contributed by atoms with Gasteiger partial charge in [-0.25, -0.2) is 4.79 Å². The van der Waals surface area contributed by atoms with Crippen LogP contribution < -0.4 is 0 Å². The molecule has 4 rings (SSSR count). The summed E-state index contributed by atoms with van der Waals surface area (Å²) in [5.74, 6) is -2.29. The van der Waals surface area contributed by atoms with Crippen LogP contribution in [0.3, 0.4) is 0 Å². The number of aliphatic carboxylic acids is 1. The highest BCUT2D eigenvalue weighted by atomic mass is 16.4. The van der Waals surface area contributed by atoms with Crippen LogP contribution in [0.1, 0.15) is 54.8 Å². The Morgan fingerprint density at radius 1 is 1.19 bits per heavy atom. The number of carboxylic acids is 1. The standard InChI is InChI=1S/C23H26N2O6/c1-23(2)21(29)25(22(30)24(23)3)12-14(20(27)28)10-17(26)13-8-9-16-15-6-4-5-7-18(15)31-19(16)11-13/h8-9,11,14H,4-7,10,12H2,1-3H3,(H,27,28)/t14-/m0/s1. The van der Waals surface area contributed by atoms with Crippen molar-refractivity contribution in [3.05, 3.63) is 35.1 Å². The summed E-state index contributed by atoms with van der Waals surface area (Å²) in [6.07, 6.45) is 3.72. The number of amides is 3. The molecular weight excluding hydrogens is 400 g/mol. The van der Waals surface area contributed by atoms with E-state index in [1.54, 1.807) is 26.0 Å². The molecule has 1 aliphatic heterocycles. The largest absolute Gasteiger partial charge is 0.481 e. The van der Waals surface area contributed by atoms with Crippen LogP contribution >= 0.6 is 0 Å². The topological polar surface area (TPSA) is 108 Å². The van der Waals surface area contributed by atoms with Crippen LogP contribution in [-0.2, 0) is 22.4 Å². The van der Waals surface area contributed by atoms with Gasteiger partial charge in [0.15, 0.2) is 5.78 Å². The number of likely N-dealkylation sites (N-methyl/N-ethyl adjacent to an activating group) is 1. The van der Waals surface area contributed by atoms with E-state index in [9.17, 15) is 24.3 Å². The lowest BCUT2D eigenvalue weighted by atomic mass is 9.94. The quantitative estimate of drug-likeness (QED) is 0.561. The minimum atomic E-state index is -1.23. The van der Waals surface area contributed by atoms with Crippen LogP contribution in [0.5, 0.6) is 0 Å². The van der Waals surface area contributed by atoms with Crippen molar-refractivity contribution in [1.82, 2.24) is 9.80 Å². The number of urea groups is 1. The molecule has 1 N–H and O–H groups in total. The zero-order valence-electron chi connectivity index (χ0n) is 17.9. The van der Waals surface area contributed by atoms with E-state index in [-0.39, 0.29) is 18.7 Å². The van der Waals surface area contributed by atoms with Crippen molar-refractivity contribution < 1.29 is 28.7 Å². The highest BCUT2D eigenvalue weighted by Crippen LogP contribution is 2.33. The van der Waals surface area contributed by atoms with Crippen molar-refractivity contribution in [1.29, 1.82) is 0 Å². The monoisotopic (exact) mass is 426 g/mol. The number of furan rings is 1. The Labute approximate surface area is 179 Å². The van der Waals surface area contributed by atoms with E-state index in [4.69, 9.17) is 4.42 Å². The van der Waals surface area contributed by atoms with Gasteiger partial charge in [-0.05, 0) is 39.2 Å². The minimum absolute atomic E-state index is 0.317. The fourth-order valence-electron chi connectivity index (χ4n) is 4.37. The van der Waals surface area contributed by atoms with Crippen molar-refractivity contribution in [2.45, 2.75) is 51.5 Å². The van der Waals surface area contributed by atoms with E-state index in [0.717, 1.165) is 41.7 Å². The second kappa shape index (κ2) is 7.51. The Morgan fingerprint density at radius 3 is 2.55 bits per heavy atom. The van der Waals surface area contributed by atoms with Crippen LogP contribution in [0.2, 0.25) is 0 Å². The van der Waals surface area contributed by atoms with Crippen LogP contribution in [0.25, 0.3) is 11.0 Å². The summed E-state index contributed by atoms with van der Waals surface area (Å²) < 4.78 is 5.93. The van der Waals surface area contributed by atoms with E-state index in [1.807, 2.05) is 6.07 Å². The number of nitrogens with zero attached hydrogens (tertiary/aromatic N) is 2. The van der Waals surface area contributed by atoms with E-state index >= 15 is 0 Å². The molecule has 0 unspecified atom stereocenters. The zero-order valence-corrected chi connectivity index (χ0v) is 17.9. The van der Waals surface area contributed by atoms with Crippen molar-refractivity contribution in [3.63, 3.8) is 0 Å². The van der Waals surface area contributed by atoms with Gasteiger partial charge in [0.25, 0.3) is 5.91 Å². The molecule has 0 bridgehead atoms. The first kappa shape index (κ1) is 21.1. The van der Waals surface area contributed by atoms with Gasteiger partial charge in [0.2, 0.25) is 0 Å². The molecule has 0 radical (unpaired) electrons. The molecular formula is C23H26N2O6. The highest BCUT2D eigenvalue weighted by Gasteiger charge is 2.50. The van der Waals surface area contributed by atoms with E-state index < -0.39 is 29.4 Å². The number of carbonyl (C=O) groups is 4. The maximum absolute atomic E-state index is 12.9. The molecule has 1 fully saturated rings. The molecule has 164 valence electrons. The number of carboxylic acid groups (broad SMARTS) is 1. The number of fused-ring (bicyclic) bond motifs is 3. The average Bonchev–Trinajstić information content (AvgIpc) is 3.17. The Balaban J connectivity index is 1.53. The lowest BCUT2D eigenvalue weighted by Gasteiger charge is -2.22. The lowest BCUT2D eigenvalue weighted by Crippen LogP contribution is -2.42. The number of Topliss-reactive ketones (excluding diaryl/α,β-unsaturated/α-hetero) is 1. The Bertz CT molecular complexity index is 1100. The molecule has 0 saturated carbocycles. The number of rotatable bonds is 6. The highest BCUT2D eigenvalue weighted by molar-refractivity contribution is 6.07. The van der Waals surface area contributed by atoms with Crippen LogP contribution in [0.4, 0.5) is 4.79 Å². The van der Waals surface area contributed by atoms with E-state index in [1.165, 1.54) is 17.5 Å². The van der Waals surface area contributed by atoms with Gasteiger partial charge < -0.3 is 14.4 Å². The number of benzene rings is 1. The molecule has 2 aliphatic rings. The molecule has 31 heavy (non-hydrogen) atoms. The average molecular weight is 426 g/mol. The summed E-state index contributed by atoms with van der Waals surface area (Å²) in [5, 5.41) is 10.6. The summed E-state index contributed by atoms with van der Waals surface area (Å²) in [5.41, 5.74) is 1.15. The molecule has 1 aromatic heterocycles. The third kappa shape index (κ3) is 3.49. The van der Waals surface area contributed by atoms with E-state index in [0.29, 0.717) is 11.1 Å². The van der Waals surface area contributed by atoms with Crippen LogP contribution in [-0.4, -0.2) is 57.7 Å². The maximum Gasteiger partial charge on any atom is 0.327 e. The minimum Gasteiger partial charge on any atom is -0.481 e. The first-order valence-electron chi connectivity index (χ1n) is 10.5. The lowest BCUT2D eigenvalue weighted by molar-refractivity contribution is -0.143. The van der Waals surface area contributed by atoms with Crippen LogP contribution in [0, 0.1) is 5.92 Å². The Morgan fingerprint density at radius 2 is 1.90 bits per heavy atom. The predicted octanol–water partition coefficient (Wildman–Crippen LogP) is 3.26. The van der Waals surface area contributed by atoms with Crippen molar-refractivity contribution in [2.24, 2.45) is 5.92 Å². The van der Waals surface area contributed by atoms with Crippen molar-refractivity contribution >= 4 is 34.7 Å². The third-order valence-electron chi connectivity index (χ3n) is 6.59. The number of hydrogen-bond donors (Lipinski definition) is 1. The molecule has 2 aromatic rings. The van der Waals surface area contributed by atoms with Crippen LogP contribution in [0.15, 0.2) is 22.6 Å². The first-order chi connectivity index (χ1) is 14.6. The number of aryl methyl sites for hydroxylation is 2. The predicted molar refractivity (Wildman–Crippen MR) is 112 cm³/mol. The maximum atomic E-state index is 12.9. The molecule has 1 aromatic carbocycles. The summed E-state index contributed by atoms with van der Waals surface area (Å²) in [6.45, 7) is 2.86. The summed E-state index contributed by atoms with van der Waals surface area (Å²) >= 11 is 0. The fraction of sp³-hybridized carbons (Fsp3) is 0.478. The number of ketones is 1. The van der Waals surface area contributed by atoms with Gasteiger partial charge in [-0.15, -0.1) is 0 Å². The second-order valence-electron chi connectivity index (χ2n) is 8.90. The Hall–Kier alpha value is -3.16. The molecule has 2 heterocycles. The smallest absolute Gasteiger partial charge is 0.327 e. The summed E-state index contributed by atoms with van der Waals surface area (Å²) in [4.78, 5) is 51.9. The zero-order chi connectivity index (χ0) is 22.5. The van der Waals surface area contributed by atoms with Crippen molar-refractivity contribution in [3.8, 4) is 0 Å². The Kier molecular flexibility index (Phi) is 5.11. The van der Waals surface area contributed by atoms with Gasteiger partial charge in [-0.3, -0.25) is 19.3 Å². The van der Waals surface area contributed by atoms with Gasteiger partial charge in [0.05, 0.1) is 5.92 Å². The molecule has 1 aliphatic carbocycles. The molecule has 1 atom stereocenters. The fourth-order valence-corrected chi connectivity index (χ4v) is 4.37. The number of imide groups is 1. The summed E-state index contributed by atoms with van der Waals surface area (Å²) in [6, 6.07) is 4.66. The molecule has 8 heteroatoms. The van der Waals surface area contributed by atoms with Gasteiger partial charge >= 0.3 is 12.0 Å². The number of hydrogen-bond acceptors (Lipinski definition) is 5. The SMILES string of the molecule is CN1C(=O)N(C[C@H](CC(=O)c2ccc3c4c(oc3c2)CCCC4)C(=O)O)C(=O)C1(C)C.